The van der Waals surface area contributed by atoms with Crippen LogP contribution in [0.15, 0.2) is 42.7 Å². The molecule has 1 aromatic heterocycles. The number of carbonyl (C=O) groups is 1. The Labute approximate surface area is 118 Å². The molecule has 1 saturated heterocycles. The summed E-state index contributed by atoms with van der Waals surface area (Å²) in [5, 5.41) is 10.4. The van der Waals surface area contributed by atoms with Gasteiger partial charge in [0.2, 0.25) is 5.91 Å². The maximum atomic E-state index is 12.2. The summed E-state index contributed by atoms with van der Waals surface area (Å²) >= 11 is 0. The molecule has 1 aliphatic rings. The highest BCUT2D eigenvalue weighted by Crippen LogP contribution is 2.15. The zero-order valence-electron chi connectivity index (χ0n) is 11.2. The van der Waals surface area contributed by atoms with E-state index >= 15 is 0 Å². The molecule has 1 amide bonds. The van der Waals surface area contributed by atoms with Gasteiger partial charge < -0.3 is 10.6 Å². The van der Waals surface area contributed by atoms with Crippen molar-refractivity contribution in [1.82, 2.24) is 15.1 Å². The zero-order chi connectivity index (χ0) is 13.8. The summed E-state index contributed by atoms with van der Waals surface area (Å²) < 4.78 is 1.77. The van der Waals surface area contributed by atoms with Gasteiger partial charge in [-0.1, -0.05) is 12.5 Å². The number of hydrogen-bond acceptors (Lipinski definition) is 3. The maximum absolute atomic E-state index is 12.2. The number of amides is 1. The second kappa shape index (κ2) is 5.88. The largest absolute Gasteiger partial charge is 0.325 e. The molecule has 1 aromatic carbocycles. The molecule has 0 aliphatic carbocycles. The van der Waals surface area contributed by atoms with Gasteiger partial charge in [-0.15, -0.1) is 0 Å². The minimum Gasteiger partial charge on any atom is -0.325 e. The molecular weight excluding hydrogens is 252 g/mol. The molecule has 1 fully saturated rings. The van der Waals surface area contributed by atoms with Crippen LogP contribution in [0.25, 0.3) is 5.69 Å². The van der Waals surface area contributed by atoms with Crippen molar-refractivity contribution in [3.05, 3.63) is 42.7 Å². The van der Waals surface area contributed by atoms with Crippen LogP contribution in [0.2, 0.25) is 0 Å². The van der Waals surface area contributed by atoms with E-state index in [0.29, 0.717) is 0 Å². The Kier molecular flexibility index (Phi) is 3.78. The molecule has 2 heterocycles. The highest BCUT2D eigenvalue weighted by atomic mass is 16.2. The van der Waals surface area contributed by atoms with Crippen molar-refractivity contribution < 1.29 is 4.79 Å². The third-order valence-electron chi connectivity index (χ3n) is 3.51. The topological polar surface area (TPSA) is 59.0 Å². The fourth-order valence-corrected chi connectivity index (χ4v) is 2.45. The van der Waals surface area contributed by atoms with Crippen LogP contribution in [-0.2, 0) is 4.79 Å². The summed E-state index contributed by atoms with van der Waals surface area (Å²) in [6.07, 6.45) is 6.78. The monoisotopic (exact) mass is 270 g/mol. The Morgan fingerprint density at radius 2 is 2.30 bits per heavy atom. The van der Waals surface area contributed by atoms with Gasteiger partial charge in [-0.05, 0) is 43.7 Å². The van der Waals surface area contributed by atoms with Gasteiger partial charge in [0, 0.05) is 18.1 Å². The summed E-state index contributed by atoms with van der Waals surface area (Å²) in [6, 6.07) is 9.50. The molecule has 1 atom stereocenters. The van der Waals surface area contributed by atoms with E-state index in [1.54, 1.807) is 10.9 Å². The van der Waals surface area contributed by atoms with Crippen LogP contribution in [0.3, 0.4) is 0 Å². The quantitative estimate of drug-likeness (QED) is 0.896. The van der Waals surface area contributed by atoms with Crippen LogP contribution in [0.5, 0.6) is 0 Å². The van der Waals surface area contributed by atoms with E-state index in [0.717, 1.165) is 37.2 Å². The molecule has 1 aliphatic heterocycles. The number of piperidine rings is 1. The van der Waals surface area contributed by atoms with Crippen molar-refractivity contribution in [3.8, 4) is 5.69 Å². The Morgan fingerprint density at radius 1 is 1.35 bits per heavy atom. The normalized spacial score (nSPS) is 18.7. The first kappa shape index (κ1) is 12.9. The van der Waals surface area contributed by atoms with E-state index in [1.165, 1.54) is 0 Å². The van der Waals surface area contributed by atoms with Crippen LogP contribution in [-0.4, -0.2) is 28.3 Å². The smallest absolute Gasteiger partial charge is 0.241 e. The number of hydrogen-bond donors (Lipinski definition) is 2. The molecule has 5 heteroatoms. The lowest BCUT2D eigenvalue weighted by atomic mass is 10.0. The number of anilines is 1. The van der Waals surface area contributed by atoms with Crippen LogP contribution in [0.4, 0.5) is 5.69 Å². The predicted molar refractivity (Wildman–Crippen MR) is 77.8 cm³/mol. The van der Waals surface area contributed by atoms with Crippen molar-refractivity contribution in [2.45, 2.75) is 25.3 Å². The molecule has 0 unspecified atom stereocenters. The second-order valence-electron chi connectivity index (χ2n) is 4.99. The van der Waals surface area contributed by atoms with Crippen molar-refractivity contribution in [3.63, 3.8) is 0 Å². The van der Waals surface area contributed by atoms with Gasteiger partial charge in [0.1, 0.15) is 0 Å². The average molecular weight is 270 g/mol. The maximum Gasteiger partial charge on any atom is 0.241 e. The van der Waals surface area contributed by atoms with Gasteiger partial charge in [0.15, 0.2) is 0 Å². The fraction of sp³-hybridized carbons (Fsp3) is 0.333. The first-order valence-corrected chi connectivity index (χ1v) is 6.97. The SMILES string of the molecule is O=C(Nc1cccc(-n2cccn2)c1)[C@@H]1CCCCN1. The lowest BCUT2D eigenvalue weighted by Gasteiger charge is -2.22. The Morgan fingerprint density at radius 3 is 3.05 bits per heavy atom. The summed E-state index contributed by atoms with van der Waals surface area (Å²) in [4.78, 5) is 12.2. The number of nitrogens with one attached hydrogen (secondary N) is 2. The average Bonchev–Trinajstić information content (AvgIpc) is 3.03. The third kappa shape index (κ3) is 2.88. The first-order chi connectivity index (χ1) is 9.83. The number of carbonyl (C=O) groups excluding carboxylic acids is 1. The second-order valence-corrected chi connectivity index (χ2v) is 4.99. The van der Waals surface area contributed by atoms with Gasteiger partial charge in [0.25, 0.3) is 0 Å². The Bertz CT molecular complexity index is 573. The van der Waals surface area contributed by atoms with Crippen LogP contribution < -0.4 is 10.6 Å². The van der Waals surface area contributed by atoms with Crippen molar-refractivity contribution in [2.75, 3.05) is 11.9 Å². The number of aromatic nitrogens is 2. The van der Waals surface area contributed by atoms with Crippen LogP contribution in [0.1, 0.15) is 19.3 Å². The summed E-state index contributed by atoms with van der Waals surface area (Å²) in [5.74, 6) is 0.0438. The van der Waals surface area contributed by atoms with E-state index in [9.17, 15) is 4.79 Å². The minimum absolute atomic E-state index is 0.0438. The third-order valence-corrected chi connectivity index (χ3v) is 3.51. The molecule has 0 bridgehead atoms. The first-order valence-electron chi connectivity index (χ1n) is 6.97. The molecular formula is C15H18N4O. The number of nitrogens with zero attached hydrogens (tertiary/aromatic N) is 2. The van der Waals surface area contributed by atoms with Crippen molar-refractivity contribution in [2.24, 2.45) is 0 Å². The molecule has 3 rings (SSSR count). The fourth-order valence-electron chi connectivity index (χ4n) is 2.45. The van der Waals surface area contributed by atoms with Crippen molar-refractivity contribution >= 4 is 11.6 Å². The van der Waals surface area contributed by atoms with Gasteiger partial charge in [-0.3, -0.25) is 4.79 Å². The van der Waals surface area contributed by atoms with Gasteiger partial charge in [-0.25, -0.2) is 4.68 Å². The lowest BCUT2D eigenvalue weighted by molar-refractivity contribution is -0.118. The number of benzene rings is 1. The summed E-state index contributed by atoms with van der Waals surface area (Å²) in [5.41, 5.74) is 1.74. The lowest BCUT2D eigenvalue weighted by Crippen LogP contribution is -2.43. The molecule has 0 radical (unpaired) electrons. The molecule has 104 valence electrons. The Balaban J connectivity index is 1.71. The van der Waals surface area contributed by atoms with Crippen LogP contribution >= 0.6 is 0 Å². The molecule has 5 nitrogen and oxygen atoms in total. The molecule has 0 spiro atoms. The molecule has 2 aromatic rings. The zero-order valence-corrected chi connectivity index (χ0v) is 11.2. The highest BCUT2D eigenvalue weighted by molar-refractivity contribution is 5.95. The van der Waals surface area contributed by atoms with E-state index < -0.39 is 0 Å². The Hall–Kier alpha value is -2.14. The van der Waals surface area contributed by atoms with Crippen LogP contribution in [0, 0.1) is 0 Å². The van der Waals surface area contributed by atoms with E-state index in [-0.39, 0.29) is 11.9 Å². The molecule has 20 heavy (non-hydrogen) atoms. The summed E-state index contributed by atoms with van der Waals surface area (Å²) in [7, 11) is 0. The van der Waals surface area contributed by atoms with Crippen molar-refractivity contribution in [1.29, 1.82) is 0 Å². The van der Waals surface area contributed by atoms with Gasteiger partial charge in [0.05, 0.1) is 11.7 Å². The number of rotatable bonds is 3. The summed E-state index contributed by atoms with van der Waals surface area (Å²) in [6.45, 7) is 0.922. The molecule has 0 saturated carbocycles. The van der Waals surface area contributed by atoms with Gasteiger partial charge in [-0.2, -0.15) is 5.10 Å². The minimum atomic E-state index is -0.0721. The van der Waals surface area contributed by atoms with E-state index in [4.69, 9.17) is 0 Å². The van der Waals surface area contributed by atoms with E-state index in [2.05, 4.69) is 15.7 Å². The van der Waals surface area contributed by atoms with Gasteiger partial charge >= 0.3 is 0 Å². The highest BCUT2D eigenvalue weighted by Gasteiger charge is 2.20. The standard InChI is InChI=1S/C15H18N4O/c20-15(14-7-1-2-8-16-14)18-12-5-3-6-13(11-12)19-10-4-9-17-19/h3-6,9-11,14,16H,1-2,7-8H2,(H,18,20)/t14-/m0/s1. The molecule has 2 N–H and O–H groups in total. The predicted octanol–water partition coefficient (Wildman–Crippen LogP) is 1.95. The van der Waals surface area contributed by atoms with E-state index in [1.807, 2.05) is 36.5 Å².